The van der Waals surface area contributed by atoms with E-state index in [-0.39, 0.29) is 11.9 Å². The summed E-state index contributed by atoms with van der Waals surface area (Å²) in [7, 11) is 1.64. The second-order valence-electron chi connectivity index (χ2n) is 6.54. The number of carbonyl (C=O) groups excluding carboxylic acids is 1. The number of aryl methyl sites for hydroxylation is 1. The largest absolute Gasteiger partial charge is 0.377 e. The molecule has 2 aliphatic heterocycles. The van der Waals surface area contributed by atoms with Crippen LogP contribution in [0.3, 0.4) is 0 Å². The Labute approximate surface area is 137 Å². The molecular weight excluding hydrogens is 294 g/mol. The van der Waals surface area contributed by atoms with Gasteiger partial charge in [0, 0.05) is 20.1 Å². The molecule has 3 heterocycles. The number of methoxy groups -OCH3 is 1. The van der Waals surface area contributed by atoms with Gasteiger partial charge in [0.15, 0.2) is 5.82 Å². The Morgan fingerprint density at radius 1 is 1.39 bits per heavy atom. The molecule has 0 spiro atoms. The lowest BCUT2D eigenvalue weighted by atomic mass is 9.93. The second-order valence-corrected chi connectivity index (χ2v) is 6.54. The maximum absolute atomic E-state index is 12.3. The van der Waals surface area contributed by atoms with Crippen LogP contribution < -0.4 is 10.6 Å². The van der Waals surface area contributed by atoms with Gasteiger partial charge in [-0.1, -0.05) is 0 Å². The molecule has 1 fully saturated rings. The van der Waals surface area contributed by atoms with Crippen LogP contribution in [-0.2, 0) is 22.7 Å². The zero-order valence-electron chi connectivity index (χ0n) is 13.9. The van der Waals surface area contributed by atoms with Crippen LogP contribution in [0.2, 0.25) is 0 Å². The summed E-state index contributed by atoms with van der Waals surface area (Å²) < 4.78 is 7.01. The van der Waals surface area contributed by atoms with Gasteiger partial charge in [-0.2, -0.15) is 5.10 Å². The first-order valence-electron chi connectivity index (χ1n) is 8.69. The van der Waals surface area contributed by atoms with E-state index >= 15 is 0 Å². The quantitative estimate of drug-likeness (QED) is 0.821. The standard InChI is InChI=1S/C16H27N5O2/c1-23-11-14-19-16-13(3-2-10-21(16)20-14)18-15(22)5-4-12-6-8-17-9-7-12/h12-13,17H,2-11H2,1H3,(H,18,22). The molecule has 3 rings (SSSR count). The van der Waals surface area contributed by atoms with Crippen molar-refractivity contribution in [2.75, 3.05) is 20.2 Å². The summed E-state index contributed by atoms with van der Waals surface area (Å²) in [6.07, 6.45) is 5.92. The predicted octanol–water partition coefficient (Wildman–Crippen LogP) is 1.16. The number of amides is 1. The molecule has 1 amide bonds. The van der Waals surface area contributed by atoms with Crippen LogP contribution in [0.5, 0.6) is 0 Å². The molecule has 0 bridgehead atoms. The van der Waals surface area contributed by atoms with Gasteiger partial charge in [0.2, 0.25) is 5.91 Å². The minimum Gasteiger partial charge on any atom is -0.377 e. The van der Waals surface area contributed by atoms with E-state index in [9.17, 15) is 4.79 Å². The number of hydrogen-bond acceptors (Lipinski definition) is 5. The predicted molar refractivity (Wildman–Crippen MR) is 85.7 cm³/mol. The maximum atomic E-state index is 12.3. The molecule has 0 aromatic carbocycles. The van der Waals surface area contributed by atoms with E-state index in [0.29, 0.717) is 24.8 Å². The highest BCUT2D eigenvalue weighted by molar-refractivity contribution is 5.76. The van der Waals surface area contributed by atoms with Gasteiger partial charge in [0.25, 0.3) is 0 Å². The fourth-order valence-electron chi connectivity index (χ4n) is 3.50. The van der Waals surface area contributed by atoms with Gasteiger partial charge in [0.1, 0.15) is 12.4 Å². The van der Waals surface area contributed by atoms with Crippen molar-refractivity contribution in [3.63, 3.8) is 0 Å². The van der Waals surface area contributed by atoms with Crippen LogP contribution >= 0.6 is 0 Å². The van der Waals surface area contributed by atoms with E-state index in [0.717, 1.165) is 44.7 Å². The molecule has 0 saturated carbocycles. The number of ether oxygens (including phenoxy) is 1. The Bertz CT molecular complexity index is 525. The van der Waals surface area contributed by atoms with Crippen LogP contribution in [-0.4, -0.2) is 40.9 Å². The lowest BCUT2D eigenvalue weighted by Gasteiger charge is -2.24. The van der Waals surface area contributed by atoms with Crippen molar-refractivity contribution in [3.8, 4) is 0 Å². The number of nitrogens with zero attached hydrogens (tertiary/aromatic N) is 3. The zero-order valence-corrected chi connectivity index (χ0v) is 13.9. The van der Waals surface area contributed by atoms with Crippen LogP contribution in [0.4, 0.5) is 0 Å². The van der Waals surface area contributed by atoms with E-state index in [4.69, 9.17) is 4.74 Å². The fraction of sp³-hybridized carbons (Fsp3) is 0.812. The molecule has 1 atom stereocenters. The second kappa shape index (κ2) is 7.88. The van der Waals surface area contributed by atoms with Crippen molar-refractivity contribution in [1.82, 2.24) is 25.4 Å². The number of fused-ring (bicyclic) bond motifs is 1. The SMILES string of the molecule is COCc1nc2n(n1)CCCC2NC(=O)CCC1CCNCC1. The molecule has 1 aromatic rings. The zero-order chi connectivity index (χ0) is 16.1. The summed E-state index contributed by atoms with van der Waals surface area (Å²) in [4.78, 5) is 16.8. The van der Waals surface area contributed by atoms with E-state index in [2.05, 4.69) is 20.7 Å². The smallest absolute Gasteiger partial charge is 0.220 e. The van der Waals surface area contributed by atoms with Gasteiger partial charge in [0.05, 0.1) is 6.04 Å². The van der Waals surface area contributed by atoms with E-state index in [1.165, 1.54) is 12.8 Å². The van der Waals surface area contributed by atoms with Gasteiger partial charge in [-0.15, -0.1) is 0 Å². The highest BCUT2D eigenvalue weighted by atomic mass is 16.5. The molecular formula is C16H27N5O2. The van der Waals surface area contributed by atoms with Gasteiger partial charge in [-0.3, -0.25) is 4.79 Å². The molecule has 7 nitrogen and oxygen atoms in total. The lowest BCUT2D eigenvalue weighted by Crippen LogP contribution is -2.34. The molecule has 1 unspecified atom stereocenters. The third-order valence-electron chi connectivity index (χ3n) is 4.77. The van der Waals surface area contributed by atoms with Crippen LogP contribution in [0.1, 0.15) is 56.2 Å². The van der Waals surface area contributed by atoms with Crippen molar-refractivity contribution in [1.29, 1.82) is 0 Å². The Balaban J connectivity index is 1.52. The first-order valence-corrected chi connectivity index (χ1v) is 8.69. The number of hydrogen-bond donors (Lipinski definition) is 2. The van der Waals surface area contributed by atoms with Crippen molar-refractivity contribution < 1.29 is 9.53 Å². The number of nitrogens with one attached hydrogen (secondary N) is 2. The summed E-state index contributed by atoms with van der Waals surface area (Å²) in [6, 6.07) is -0.0117. The third-order valence-corrected chi connectivity index (χ3v) is 4.77. The highest BCUT2D eigenvalue weighted by Gasteiger charge is 2.26. The van der Waals surface area contributed by atoms with E-state index in [1.54, 1.807) is 7.11 Å². The summed E-state index contributed by atoms with van der Waals surface area (Å²) in [5.41, 5.74) is 0. The van der Waals surface area contributed by atoms with E-state index in [1.807, 2.05) is 4.68 Å². The average Bonchev–Trinajstić information content (AvgIpc) is 2.98. The number of rotatable bonds is 6. The summed E-state index contributed by atoms with van der Waals surface area (Å²) in [6.45, 7) is 3.45. The molecule has 1 saturated heterocycles. The number of aromatic nitrogens is 3. The van der Waals surface area contributed by atoms with Gasteiger partial charge in [-0.25, -0.2) is 9.67 Å². The van der Waals surface area contributed by atoms with Crippen LogP contribution in [0, 0.1) is 5.92 Å². The molecule has 23 heavy (non-hydrogen) atoms. The Morgan fingerprint density at radius 3 is 3.00 bits per heavy atom. The molecule has 0 aliphatic carbocycles. The third kappa shape index (κ3) is 4.29. The number of piperidine rings is 1. The van der Waals surface area contributed by atoms with Crippen molar-refractivity contribution in [2.45, 2.75) is 57.7 Å². The molecule has 1 aromatic heterocycles. The topological polar surface area (TPSA) is 81.1 Å². The highest BCUT2D eigenvalue weighted by Crippen LogP contribution is 2.24. The maximum Gasteiger partial charge on any atom is 0.220 e. The number of carbonyl (C=O) groups is 1. The molecule has 2 N–H and O–H groups in total. The first-order chi connectivity index (χ1) is 11.3. The average molecular weight is 321 g/mol. The van der Waals surface area contributed by atoms with Crippen molar-refractivity contribution in [3.05, 3.63) is 11.6 Å². The summed E-state index contributed by atoms with van der Waals surface area (Å²) in [5, 5.41) is 11.0. The Hall–Kier alpha value is -1.47. The molecule has 2 aliphatic rings. The summed E-state index contributed by atoms with van der Waals surface area (Å²) in [5.74, 6) is 2.39. The van der Waals surface area contributed by atoms with Crippen LogP contribution in [0.25, 0.3) is 0 Å². The van der Waals surface area contributed by atoms with E-state index < -0.39 is 0 Å². The molecule has 128 valence electrons. The minimum absolute atomic E-state index is 0.0117. The van der Waals surface area contributed by atoms with Crippen molar-refractivity contribution in [2.24, 2.45) is 5.92 Å². The first kappa shape index (κ1) is 16.4. The van der Waals surface area contributed by atoms with Gasteiger partial charge in [-0.05, 0) is 51.1 Å². The Kier molecular flexibility index (Phi) is 5.61. The van der Waals surface area contributed by atoms with Crippen LogP contribution in [0.15, 0.2) is 0 Å². The Morgan fingerprint density at radius 2 is 2.22 bits per heavy atom. The fourth-order valence-corrected chi connectivity index (χ4v) is 3.50. The summed E-state index contributed by atoms with van der Waals surface area (Å²) >= 11 is 0. The normalized spacial score (nSPS) is 21.9. The minimum atomic E-state index is -0.0117. The van der Waals surface area contributed by atoms with Crippen molar-refractivity contribution >= 4 is 5.91 Å². The van der Waals surface area contributed by atoms with Gasteiger partial charge < -0.3 is 15.4 Å². The lowest BCUT2D eigenvalue weighted by molar-refractivity contribution is -0.122. The monoisotopic (exact) mass is 321 g/mol. The van der Waals surface area contributed by atoms with Gasteiger partial charge >= 0.3 is 0 Å². The molecule has 7 heteroatoms. The molecule has 0 radical (unpaired) electrons.